The summed E-state index contributed by atoms with van der Waals surface area (Å²) in [5.74, 6) is 1.61. The van der Waals surface area contributed by atoms with Crippen molar-refractivity contribution in [3.05, 3.63) is 146 Å². The van der Waals surface area contributed by atoms with Crippen LogP contribution >= 0.6 is 11.3 Å². The van der Waals surface area contributed by atoms with Gasteiger partial charge in [-0.1, -0.05) is 36.4 Å². The standard InChI is InChI=1S/C42H24N8S/c1-3-12-33-28(10-1)30-20-27(49-35-13-7-19-45-39(35)32-21-31-29-11-2-4-14-37(29)51-38(31)22-36(32)49)15-16-34(30)50(33)42-47-40(25-8-5-17-43-23-25)46-41(48-42)26-9-6-18-44-24-26/h1-24H. The van der Waals surface area contributed by atoms with Crippen LogP contribution in [0, 0.1) is 0 Å². The van der Waals surface area contributed by atoms with Crippen molar-refractivity contribution in [1.82, 2.24) is 39.0 Å². The van der Waals surface area contributed by atoms with Crippen molar-refractivity contribution in [1.29, 1.82) is 0 Å². The van der Waals surface area contributed by atoms with Gasteiger partial charge in [0, 0.05) is 84.1 Å². The van der Waals surface area contributed by atoms with Crippen LogP contribution in [0.1, 0.15) is 0 Å². The van der Waals surface area contributed by atoms with E-state index in [-0.39, 0.29) is 0 Å². The van der Waals surface area contributed by atoms with E-state index >= 15 is 0 Å². The highest BCUT2D eigenvalue weighted by molar-refractivity contribution is 7.25. The molecule has 0 amide bonds. The van der Waals surface area contributed by atoms with Gasteiger partial charge < -0.3 is 4.57 Å². The summed E-state index contributed by atoms with van der Waals surface area (Å²) in [4.78, 5) is 28.5. The quantitative estimate of drug-likeness (QED) is 0.185. The number of hydrogen-bond donors (Lipinski definition) is 0. The third kappa shape index (κ3) is 4.25. The van der Waals surface area contributed by atoms with E-state index < -0.39 is 0 Å². The van der Waals surface area contributed by atoms with Gasteiger partial charge in [0.2, 0.25) is 5.95 Å². The Labute approximate surface area is 294 Å². The number of thiophene rings is 1. The van der Waals surface area contributed by atoms with E-state index in [2.05, 4.69) is 104 Å². The lowest BCUT2D eigenvalue weighted by molar-refractivity contribution is 0.951. The fraction of sp³-hybridized carbons (Fsp3) is 0. The second kappa shape index (κ2) is 10.8. The van der Waals surface area contributed by atoms with Crippen LogP contribution in [0.2, 0.25) is 0 Å². The van der Waals surface area contributed by atoms with Crippen LogP contribution in [0.3, 0.4) is 0 Å². The molecule has 0 aliphatic heterocycles. The summed E-state index contributed by atoms with van der Waals surface area (Å²) < 4.78 is 7.02. The second-order valence-corrected chi connectivity index (χ2v) is 13.6. The topological polar surface area (TPSA) is 87.2 Å². The Balaban J connectivity index is 1.17. The summed E-state index contributed by atoms with van der Waals surface area (Å²) in [5.41, 5.74) is 7.85. The van der Waals surface area contributed by atoms with E-state index in [0.29, 0.717) is 17.6 Å². The van der Waals surface area contributed by atoms with Crippen LogP contribution in [0.15, 0.2) is 146 Å². The van der Waals surface area contributed by atoms with Crippen LogP contribution in [0.25, 0.3) is 98.3 Å². The molecule has 0 N–H and O–H groups in total. The van der Waals surface area contributed by atoms with Gasteiger partial charge in [-0.3, -0.25) is 19.5 Å². The molecule has 0 aliphatic carbocycles. The van der Waals surface area contributed by atoms with Gasteiger partial charge in [0.1, 0.15) is 0 Å². The predicted octanol–water partition coefficient (Wildman–Crippen LogP) is 9.95. The summed E-state index contributed by atoms with van der Waals surface area (Å²) in [6.45, 7) is 0. The Morgan fingerprint density at radius 3 is 1.94 bits per heavy atom. The zero-order valence-electron chi connectivity index (χ0n) is 26.8. The molecule has 7 heterocycles. The maximum Gasteiger partial charge on any atom is 0.238 e. The fourth-order valence-corrected chi connectivity index (χ4v) is 8.48. The largest absolute Gasteiger partial charge is 0.308 e. The molecule has 0 bridgehead atoms. The lowest BCUT2D eigenvalue weighted by atomic mass is 10.1. The van der Waals surface area contributed by atoms with E-state index in [1.165, 1.54) is 20.2 Å². The third-order valence-corrected chi connectivity index (χ3v) is 10.7. The zero-order chi connectivity index (χ0) is 33.5. The van der Waals surface area contributed by atoms with Gasteiger partial charge in [0.25, 0.3) is 0 Å². The van der Waals surface area contributed by atoms with Crippen molar-refractivity contribution in [2.75, 3.05) is 0 Å². The zero-order valence-corrected chi connectivity index (χ0v) is 27.7. The van der Waals surface area contributed by atoms with E-state index in [9.17, 15) is 0 Å². The Morgan fingerprint density at radius 1 is 0.451 bits per heavy atom. The highest BCUT2D eigenvalue weighted by Gasteiger charge is 2.21. The Hall–Kier alpha value is -6.84. The first-order valence-electron chi connectivity index (χ1n) is 16.6. The molecule has 0 fully saturated rings. The first-order valence-corrected chi connectivity index (χ1v) is 17.4. The lowest BCUT2D eigenvalue weighted by Crippen LogP contribution is -2.06. The monoisotopic (exact) mass is 672 g/mol. The maximum atomic E-state index is 5.04. The number of fused-ring (bicyclic) bond motifs is 9. The third-order valence-electron chi connectivity index (χ3n) is 9.60. The van der Waals surface area contributed by atoms with Crippen molar-refractivity contribution in [2.45, 2.75) is 0 Å². The molecule has 9 heteroatoms. The average Bonchev–Trinajstić information content (AvgIpc) is 3.84. The Bertz CT molecular complexity index is 3090. The smallest absolute Gasteiger partial charge is 0.238 e. The number of pyridine rings is 3. The van der Waals surface area contributed by atoms with Crippen LogP contribution in [-0.4, -0.2) is 39.0 Å². The van der Waals surface area contributed by atoms with Crippen LogP contribution < -0.4 is 0 Å². The van der Waals surface area contributed by atoms with Gasteiger partial charge in [0.15, 0.2) is 11.6 Å². The van der Waals surface area contributed by atoms with Crippen molar-refractivity contribution in [3.8, 4) is 34.4 Å². The molecular formula is C42H24N8S. The summed E-state index contributed by atoms with van der Waals surface area (Å²) in [6.07, 6.45) is 8.93. The first-order chi connectivity index (χ1) is 25.3. The Morgan fingerprint density at radius 2 is 1.16 bits per heavy atom. The number of rotatable bonds is 4. The molecule has 11 aromatic rings. The molecule has 0 saturated carbocycles. The molecule has 0 radical (unpaired) electrons. The van der Waals surface area contributed by atoms with Crippen LogP contribution in [0.4, 0.5) is 0 Å². The normalized spacial score (nSPS) is 11.9. The molecule has 0 saturated heterocycles. The van der Waals surface area contributed by atoms with Crippen molar-refractivity contribution in [2.24, 2.45) is 0 Å². The van der Waals surface area contributed by atoms with Gasteiger partial charge in [-0.2, -0.15) is 9.97 Å². The minimum atomic E-state index is 0.523. The predicted molar refractivity (Wildman–Crippen MR) is 206 cm³/mol. The molecule has 8 nitrogen and oxygen atoms in total. The van der Waals surface area contributed by atoms with Crippen molar-refractivity contribution < 1.29 is 0 Å². The van der Waals surface area contributed by atoms with Gasteiger partial charge in [-0.05, 0) is 78.9 Å². The molecule has 51 heavy (non-hydrogen) atoms. The molecule has 0 atom stereocenters. The van der Waals surface area contributed by atoms with Crippen LogP contribution in [-0.2, 0) is 0 Å². The molecule has 0 aliphatic rings. The summed E-state index contributed by atoms with van der Waals surface area (Å²) in [6, 6.07) is 40.2. The number of aromatic nitrogens is 8. The summed E-state index contributed by atoms with van der Waals surface area (Å²) in [7, 11) is 0. The minimum Gasteiger partial charge on any atom is -0.308 e. The lowest BCUT2D eigenvalue weighted by Gasteiger charge is -2.11. The van der Waals surface area contributed by atoms with Crippen LogP contribution in [0.5, 0.6) is 0 Å². The molecule has 11 rings (SSSR count). The Kier molecular flexibility index (Phi) is 5.96. The van der Waals surface area contributed by atoms with Gasteiger partial charge in [-0.15, -0.1) is 11.3 Å². The molecule has 238 valence electrons. The summed E-state index contributed by atoms with van der Waals surface area (Å²) >= 11 is 1.83. The second-order valence-electron chi connectivity index (χ2n) is 12.5. The summed E-state index contributed by atoms with van der Waals surface area (Å²) in [5, 5.41) is 5.88. The molecule has 0 unspecified atom stereocenters. The molecular weight excluding hydrogens is 649 g/mol. The molecule has 0 spiro atoms. The van der Waals surface area contributed by atoms with Gasteiger partial charge in [-0.25, -0.2) is 4.98 Å². The van der Waals surface area contributed by atoms with Gasteiger partial charge >= 0.3 is 0 Å². The van der Waals surface area contributed by atoms with E-state index in [4.69, 9.17) is 19.9 Å². The number of hydrogen-bond acceptors (Lipinski definition) is 7. The van der Waals surface area contributed by atoms with Crippen molar-refractivity contribution in [3.63, 3.8) is 0 Å². The number of nitrogens with zero attached hydrogens (tertiary/aromatic N) is 8. The van der Waals surface area contributed by atoms with E-state index in [0.717, 1.165) is 60.6 Å². The fourth-order valence-electron chi connectivity index (χ4n) is 7.36. The van der Waals surface area contributed by atoms with Gasteiger partial charge in [0.05, 0.1) is 27.6 Å². The molecule has 4 aromatic carbocycles. The average molecular weight is 673 g/mol. The maximum absolute atomic E-state index is 5.04. The van der Waals surface area contributed by atoms with E-state index in [1.54, 1.807) is 24.8 Å². The SMILES string of the molecule is c1cncc(-c2nc(-c3cccnc3)nc(-n3c4ccccc4c4cc(-n5c6cc7sc8ccccc8c7cc6c6ncccc65)ccc43)n2)c1. The number of para-hydroxylation sites is 1. The highest BCUT2D eigenvalue weighted by Crippen LogP contribution is 2.41. The van der Waals surface area contributed by atoms with Crippen molar-refractivity contribution >= 4 is 75.3 Å². The van der Waals surface area contributed by atoms with E-state index in [1.807, 2.05) is 47.9 Å². The molecule has 7 aromatic heterocycles. The minimum absolute atomic E-state index is 0.523. The highest BCUT2D eigenvalue weighted by atomic mass is 32.1. The first kappa shape index (κ1) is 28.0. The number of benzene rings is 4.